The lowest BCUT2D eigenvalue weighted by Crippen LogP contribution is -2.26. The molecule has 3 rings (SSSR count). The van der Waals surface area contributed by atoms with Crippen LogP contribution in [0.5, 0.6) is 5.75 Å². The molecule has 1 amide bonds. The zero-order valence-corrected chi connectivity index (χ0v) is 21.4. The summed E-state index contributed by atoms with van der Waals surface area (Å²) in [6, 6.07) is 12.6. The number of fused-ring (bicyclic) bond motifs is 1. The number of H-pyrrole nitrogens is 1. The van der Waals surface area contributed by atoms with Gasteiger partial charge in [0.1, 0.15) is 12.4 Å². The van der Waals surface area contributed by atoms with Crippen LogP contribution in [0.15, 0.2) is 42.5 Å². The summed E-state index contributed by atoms with van der Waals surface area (Å²) in [6.45, 7) is 3.29. The van der Waals surface area contributed by atoms with Gasteiger partial charge in [-0.25, -0.2) is 8.42 Å². The molecule has 0 spiro atoms. The summed E-state index contributed by atoms with van der Waals surface area (Å²) in [5.74, 6) is 0.833. The van der Waals surface area contributed by atoms with Gasteiger partial charge in [0, 0.05) is 62.0 Å². The van der Waals surface area contributed by atoms with Gasteiger partial charge in [-0.3, -0.25) is 9.52 Å². The number of ether oxygens (including phenoxy) is 1. The van der Waals surface area contributed by atoms with Crippen LogP contribution in [0.2, 0.25) is 0 Å². The summed E-state index contributed by atoms with van der Waals surface area (Å²) in [5, 5.41) is 14.7. The van der Waals surface area contributed by atoms with Crippen LogP contribution in [-0.4, -0.2) is 69.4 Å². The monoisotopic (exact) mass is 502 g/mol. The number of aliphatic hydroxyl groups excluding tert-OH is 1. The van der Waals surface area contributed by atoms with Crippen LogP contribution in [-0.2, 0) is 21.2 Å². The molecule has 1 aromatic heterocycles. The normalized spacial score (nSPS) is 12.5. The third-order valence-corrected chi connectivity index (χ3v) is 6.29. The Kier molecular flexibility index (Phi) is 8.76. The van der Waals surface area contributed by atoms with Gasteiger partial charge in [0.05, 0.1) is 12.4 Å². The Labute approximate surface area is 206 Å². The molecule has 0 aliphatic rings. The predicted octanol–water partition coefficient (Wildman–Crippen LogP) is 2.57. The number of carbonyl (C=O) groups is 1. The Morgan fingerprint density at radius 1 is 1.20 bits per heavy atom. The lowest BCUT2D eigenvalue weighted by molar-refractivity contribution is -0.128. The fourth-order valence-corrected chi connectivity index (χ4v) is 4.34. The van der Waals surface area contributed by atoms with Gasteiger partial charge >= 0.3 is 0 Å². The molecule has 0 aliphatic heterocycles. The second-order valence-corrected chi connectivity index (χ2v) is 10.5. The van der Waals surface area contributed by atoms with Gasteiger partial charge in [-0.1, -0.05) is 12.1 Å². The zero-order chi connectivity index (χ0) is 25.6. The highest BCUT2D eigenvalue weighted by molar-refractivity contribution is 7.92. The molecule has 0 saturated heterocycles. The van der Waals surface area contributed by atoms with Crippen molar-refractivity contribution in [1.29, 1.82) is 0 Å². The molecule has 0 unspecified atom stereocenters. The Bertz CT molecular complexity index is 1270. The first kappa shape index (κ1) is 26.5. The summed E-state index contributed by atoms with van der Waals surface area (Å²) in [6.07, 6.45) is 1.42. The van der Waals surface area contributed by atoms with E-state index in [4.69, 9.17) is 4.74 Å². The maximum absolute atomic E-state index is 11.9. The van der Waals surface area contributed by atoms with Crippen LogP contribution in [0.3, 0.4) is 0 Å². The van der Waals surface area contributed by atoms with Crippen LogP contribution < -0.4 is 14.8 Å². The van der Waals surface area contributed by atoms with E-state index in [1.165, 1.54) is 0 Å². The molecular formula is C25H34N4O5S. The molecule has 1 heterocycles. The van der Waals surface area contributed by atoms with Gasteiger partial charge in [0.2, 0.25) is 15.9 Å². The first-order valence-electron chi connectivity index (χ1n) is 11.4. The fraction of sp³-hybridized carbons (Fsp3) is 0.400. The van der Waals surface area contributed by atoms with Crippen LogP contribution in [0, 0.1) is 6.92 Å². The second kappa shape index (κ2) is 11.6. The average molecular weight is 503 g/mol. The molecular weight excluding hydrogens is 468 g/mol. The van der Waals surface area contributed by atoms with Gasteiger partial charge in [0.15, 0.2) is 0 Å². The Balaban J connectivity index is 1.48. The Hall–Kier alpha value is -3.08. The molecule has 4 N–H and O–H groups in total. The van der Waals surface area contributed by atoms with E-state index in [0.29, 0.717) is 43.8 Å². The topological polar surface area (TPSA) is 124 Å². The number of benzene rings is 2. The van der Waals surface area contributed by atoms with E-state index in [1.54, 1.807) is 43.3 Å². The third-order valence-electron chi connectivity index (χ3n) is 5.68. The molecule has 10 heteroatoms. The van der Waals surface area contributed by atoms with Crippen molar-refractivity contribution in [2.45, 2.75) is 25.9 Å². The first-order chi connectivity index (χ1) is 16.5. The number of aromatic nitrogens is 1. The Morgan fingerprint density at radius 3 is 2.69 bits per heavy atom. The number of nitrogens with one attached hydrogen (secondary N) is 3. The second-order valence-electron chi connectivity index (χ2n) is 8.79. The number of aromatic amines is 1. The number of hydrogen-bond acceptors (Lipinski definition) is 6. The van der Waals surface area contributed by atoms with E-state index in [9.17, 15) is 18.3 Å². The molecule has 0 fully saturated rings. The largest absolute Gasteiger partial charge is 0.492 e. The highest BCUT2D eigenvalue weighted by atomic mass is 32.2. The molecule has 3 aromatic rings. The molecule has 35 heavy (non-hydrogen) atoms. The van der Waals surface area contributed by atoms with Crippen LogP contribution in [0.25, 0.3) is 10.9 Å². The van der Waals surface area contributed by atoms with Crippen LogP contribution in [0.1, 0.15) is 29.3 Å². The summed E-state index contributed by atoms with van der Waals surface area (Å²) in [5.41, 5.74) is 4.19. The Morgan fingerprint density at radius 2 is 1.97 bits per heavy atom. The van der Waals surface area contributed by atoms with Gasteiger partial charge in [-0.15, -0.1) is 0 Å². The molecule has 0 bridgehead atoms. The van der Waals surface area contributed by atoms with Crippen LogP contribution >= 0.6 is 0 Å². The van der Waals surface area contributed by atoms with Gasteiger partial charge in [-0.2, -0.15) is 0 Å². The van der Waals surface area contributed by atoms with E-state index in [1.807, 2.05) is 18.2 Å². The molecule has 2 aromatic carbocycles. The van der Waals surface area contributed by atoms with Crippen molar-refractivity contribution in [2.75, 3.05) is 44.8 Å². The number of amides is 1. The van der Waals surface area contributed by atoms with Crippen molar-refractivity contribution in [2.24, 2.45) is 0 Å². The van der Waals surface area contributed by atoms with E-state index in [0.717, 1.165) is 34.2 Å². The number of hydrogen-bond donors (Lipinski definition) is 4. The summed E-state index contributed by atoms with van der Waals surface area (Å²) < 4.78 is 31.0. The van der Waals surface area contributed by atoms with E-state index in [2.05, 4.69) is 21.9 Å². The van der Waals surface area contributed by atoms with Crippen LogP contribution in [0.4, 0.5) is 5.69 Å². The number of nitrogens with zero attached hydrogens (tertiary/aromatic N) is 1. The molecule has 1 atom stereocenters. The van der Waals surface area contributed by atoms with Crippen molar-refractivity contribution in [3.05, 3.63) is 59.3 Å². The number of sulfonamides is 1. The van der Waals surface area contributed by atoms with Gasteiger partial charge in [-0.05, 0) is 48.7 Å². The number of aliphatic hydroxyl groups is 1. The van der Waals surface area contributed by atoms with E-state index < -0.39 is 16.1 Å². The van der Waals surface area contributed by atoms with Gasteiger partial charge < -0.3 is 25.0 Å². The van der Waals surface area contributed by atoms with Crippen molar-refractivity contribution in [3.8, 4) is 5.75 Å². The first-order valence-corrected chi connectivity index (χ1v) is 13.3. The molecule has 0 saturated carbocycles. The molecule has 9 nitrogen and oxygen atoms in total. The van der Waals surface area contributed by atoms with Crippen molar-refractivity contribution in [3.63, 3.8) is 0 Å². The number of anilines is 1. The predicted molar refractivity (Wildman–Crippen MR) is 138 cm³/mol. The smallest absolute Gasteiger partial charge is 0.229 e. The maximum atomic E-state index is 11.9. The van der Waals surface area contributed by atoms with Gasteiger partial charge in [0.25, 0.3) is 0 Å². The summed E-state index contributed by atoms with van der Waals surface area (Å²) in [4.78, 5) is 16.9. The lowest BCUT2D eigenvalue weighted by atomic mass is 10.1. The van der Waals surface area contributed by atoms with E-state index in [-0.39, 0.29) is 5.91 Å². The number of rotatable bonds is 12. The highest BCUT2D eigenvalue weighted by Crippen LogP contribution is 2.26. The SMILES string of the molecule is Cc1c(CCC(=O)N(C)C)[nH]c2cc(OCCNC[C@H](O)c3cccc(NS(C)(=O)=O)c3)ccc12. The standard InChI is InChI=1S/C25H34N4O5S/c1-17-21-9-8-20(15-23(21)27-22(17)10-11-25(31)29(2)3)34-13-12-26-16-24(30)18-6-5-7-19(14-18)28-35(4,32)33/h5-9,14-15,24,26-28,30H,10-13,16H2,1-4H3/t24-/m0/s1. The minimum atomic E-state index is -3.38. The minimum Gasteiger partial charge on any atom is -0.492 e. The molecule has 0 aliphatic carbocycles. The quantitative estimate of drug-likeness (QED) is 0.282. The highest BCUT2D eigenvalue weighted by Gasteiger charge is 2.12. The average Bonchev–Trinajstić information content (AvgIpc) is 3.10. The lowest BCUT2D eigenvalue weighted by Gasteiger charge is -2.14. The van der Waals surface area contributed by atoms with Crippen molar-refractivity contribution in [1.82, 2.24) is 15.2 Å². The fourth-order valence-electron chi connectivity index (χ4n) is 3.79. The molecule has 0 radical (unpaired) electrons. The number of carbonyl (C=O) groups excluding carboxylic acids is 1. The maximum Gasteiger partial charge on any atom is 0.229 e. The third kappa shape index (κ3) is 7.71. The summed E-state index contributed by atoms with van der Waals surface area (Å²) >= 11 is 0. The molecule has 190 valence electrons. The van der Waals surface area contributed by atoms with E-state index >= 15 is 0 Å². The number of aryl methyl sites for hydroxylation is 2. The minimum absolute atomic E-state index is 0.1000. The van der Waals surface area contributed by atoms with Crippen molar-refractivity contribution < 1.29 is 23.1 Å². The zero-order valence-electron chi connectivity index (χ0n) is 20.6. The summed E-state index contributed by atoms with van der Waals surface area (Å²) in [7, 11) is 0.145. The van der Waals surface area contributed by atoms with Crippen molar-refractivity contribution >= 4 is 32.5 Å².